The van der Waals surface area contributed by atoms with E-state index in [1.165, 1.54) is 0 Å². The van der Waals surface area contributed by atoms with E-state index in [1.54, 1.807) is 18.2 Å². The molecule has 0 bridgehead atoms. The predicted molar refractivity (Wildman–Crippen MR) is 72.6 cm³/mol. The lowest BCUT2D eigenvalue weighted by Gasteiger charge is -2.37. The largest absolute Gasteiger partial charge is 0.508 e. The second kappa shape index (κ2) is 5.07. The Morgan fingerprint density at radius 3 is 2.50 bits per heavy atom. The summed E-state index contributed by atoms with van der Waals surface area (Å²) in [5, 5.41) is 9.41. The average molecular weight is 277 g/mol. The number of hydrogen-bond acceptors (Lipinski definition) is 4. The Labute approximate surface area is 118 Å². The fraction of sp³-hybridized carbons (Fsp3) is 0.533. The monoisotopic (exact) mass is 277 g/mol. The Hall–Kier alpha value is -1.59. The molecule has 0 atom stereocenters. The van der Waals surface area contributed by atoms with Gasteiger partial charge in [-0.2, -0.15) is 0 Å². The third kappa shape index (κ3) is 2.39. The first-order chi connectivity index (χ1) is 9.60. The Morgan fingerprint density at radius 1 is 1.25 bits per heavy atom. The van der Waals surface area contributed by atoms with Crippen LogP contribution >= 0.6 is 0 Å². The molecular weight excluding hydrogens is 258 g/mol. The molecule has 2 saturated heterocycles. The van der Waals surface area contributed by atoms with Crippen molar-refractivity contribution >= 4 is 5.91 Å². The molecule has 0 aliphatic carbocycles. The van der Waals surface area contributed by atoms with Crippen LogP contribution in [0.15, 0.2) is 18.2 Å². The fourth-order valence-electron chi connectivity index (χ4n) is 2.89. The van der Waals surface area contributed by atoms with Crippen molar-refractivity contribution in [3.8, 4) is 5.75 Å². The normalized spacial score (nSPS) is 21.4. The highest BCUT2D eigenvalue weighted by Crippen LogP contribution is 2.32. The summed E-state index contributed by atoms with van der Waals surface area (Å²) < 4.78 is 11.3. The first-order valence-electron chi connectivity index (χ1n) is 6.96. The van der Waals surface area contributed by atoms with Crippen LogP contribution in [0.2, 0.25) is 0 Å². The maximum Gasteiger partial charge on any atom is 0.254 e. The van der Waals surface area contributed by atoms with Gasteiger partial charge in [-0.05, 0) is 30.7 Å². The van der Waals surface area contributed by atoms with Crippen molar-refractivity contribution in [3.05, 3.63) is 29.3 Å². The van der Waals surface area contributed by atoms with Crippen LogP contribution in [0.5, 0.6) is 5.75 Å². The second-order valence-corrected chi connectivity index (χ2v) is 5.40. The van der Waals surface area contributed by atoms with Crippen molar-refractivity contribution in [2.45, 2.75) is 25.6 Å². The number of amides is 1. The first-order valence-corrected chi connectivity index (χ1v) is 6.96. The van der Waals surface area contributed by atoms with Crippen LogP contribution in [0.25, 0.3) is 0 Å². The van der Waals surface area contributed by atoms with Crippen molar-refractivity contribution in [1.82, 2.24) is 4.90 Å². The van der Waals surface area contributed by atoms with E-state index >= 15 is 0 Å². The van der Waals surface area contributed by atoms with Gasteiger partial charge in [-0.15, -0.1) is 0 Å². The summed E-state index contributed by atoms with van der Waals surface area (Å²) in [5.74, 6) is -0.263. The van der Waals surface area contributed by atoms with Crippen molar-refractivity contribution in [3.63, 3.8) is 0 Å². The lowest BCUT2D eigenvalue weighted by atomic mass is 10.0. The molecule has 3 rings (SSSR count). The summed E-state index contributed by atoms with van der Waals surface area (Å²) in [5.41, 5.74) is 1.44. The Balaban J connectivity index is 1.69. The zero-order chi connectivity index (χ0) is 14.2. The lowest BCUT2D eigenvalue weighted by molar-refractivity contribution is -0.181. The van der Waals surface area contributed by atoms with Gasteiger partial charge in [0, 0.05) is 31.5 Å². The van der Waals surface area contributed by atoms with E-state index in [-0.39, 0.29) is 11.7 Å². The number of benzene rings is 1. The highest BCUT2D eigenvalue weighted by molar-refractivity contribution is 5.95. The van der Waals surface area contributed by atoms with Crippen LogP contribution in [0, 0.1) is 6.92 Å². The molecule has 1 amide bonds. The number of ether oxygens (including phenoxy) is 2. The summed E-state index contributed by atoms with van der Waals surface area (Å²) in [6.45, 7) is 4.40. The molecule has 1 aromatic carbocycles. The standard InChI is InChI=1S/C15H19NO4/c1-11-10-12(17)2-3-13(11)14(18)16-6-4-15(5-7-16)19-8-9-20-15/h2-3,10,17H,4-9H2,1H3. The quantitative estimate of drug-likeness (QED) is 0.848. The van der Waals surface area contributed by atoms with Gasteiger partial charge in [-0.25, -0.2) is 0 Å². The maximum atomic E-state index is 12.5. The number of likely N-dealkylation sites (tertiary alicyclic amines) is 1. The smallest absolute Gasteiger partial charge is 0.254 e. The lowest BCUT2D eigenvalue weighted by Crippen LogP contribution is -2.47. The molecule has 1 N–H and O–H groups in total. The van der Waals surface area contributed by atoms with Gasteiger partial charge in [0.05, 0.1) is 13.2 Å². The molecule has 2 heterocycles. The number of carbonyl (C=O) groups is 1. The summed E-state index contributed by atoms with van der Waals surface area (Å²) in [4.78, 5) is 14.3. The average Bonchev–Trinajstić information content (AvgIpc) is 2.87. The molecule has 5 heteroatoms. The number of aromatic hydroxyl groups is 1. The van der Waals surface area contributed by atoms with Gasteiger partial charge in [-0.3, -0.25) is 4.79 Å². The van der Waals surface area contributed by atoms with Crippen LogP contribution in [-0.2, 0) is 9.47 Å². The van der Waals surface area contributed by atoms with Gasteiger partial charge >= 0.3 is 0 Å². The fourth-order valence-corrected chi connectivity index (χ4v) is 2.89. The van der Waals surface area contributed by atoms with Gasteiger partial charge in [0.25, 0.3) is 5.91 Å². The predicted octanol–water partition coefficient (Wildman–Crippen LogP) is 1.68. The molecule has 2 fully saturated rings. The Morgan fingerprint density at radius 2 is 1.90 bits per heavy atom. The summed E-state index contributed by atoms with van der Waals surface area (Å²) in [7, 11) is 0. The molecule has 0 radical (unpaired) electrons. The minimum absolute atomic E-state index is 0.00958. The van der Waals surface area contributed by atoms with E-state index in [2.05, 4.69) is 0 Å². The van der Waals surface area contributed by atoms with Crippen molar-refractivity contribution < 1.29 is 19.4 Å². The molecule has 0 aromatic heterocycles. The highest BCUT2D eigenvalue weighted by atomic mass is 16.7. The minimum atomic E-state index is -0.458. The van der Waals surface area contributed by atoms with Gasteiger partial charge in [0.1, 0.15) is 5.75 Å². The number of aryl methyl sites for hydroxylation is 1. The number of hydrogen-bond donors (Lipinski definition) is 1. The number of carbonyl (C=O) groups excluding carboxylic acids is 1. The topological polar surface area (TPSA) is 59.0 Å². The molecule has 1 aromatic rings. The molecule has 2 aliphatic rings. The third-order valence-corrected chi connectivity index (χ3v) is 4.07. The molecule has 108 valence electrons. The van der Waals surface area contributed by atoms with Crippen LogP contribution in [0.4, 0.5) is 0 Å². The van der Waals surface area contributed by atoms with E-state index in [9.17, 15) is 9.90 Å². The van der Waals surface area contributed by atoms with Gasteiger partial charge in [-0.1, -0.05) is 0 Å². The maximum absolute atomic E-state index is 12.5. The van der Waals surface area contributed by atoms with E-state index in [1.807, 2.05) is 11.8 Å². The van der Waals surface area contributed by atoms with Crippen LogP contribution in [0.3, 0.4) is 0 Å². The van der Waals surface area contributed by atoms with Crippen molar-refractivity contribution in [2.24, 2.45) is 0 Å². The summed E-state index contributed by atoms with van der Waals surface area (Å²) >= 11 is 0. The number of phenols is 1. The summed E-state index contributed by atoms with van der Waals surface area (Å²) in [6.07, 6.45) is 1.44. The molecule has 0 saturated carbocycles. The molecule has 5 nitrogen and oxygen atoms in total. The molecular formula is C15H19NO4. The van der Waals surface area contributed by atoms with Crippen molar-refractivity contribution in [1.29, 1.82) is 0 Å². The highest BCUT2D eigenvalue weighted by Gasteiger charge is 2.40. The van der Waals surface area contributed by atoms with E-state index in [0.717, 1.165) is 18.4 Å². The Kier molecular flexibility index (Phi) is 3.40. The van der Waals surface area contributed by atoms with Gasteiger partial charge in [0.2, 0.25) is 0 Å². The van der Waals surface area contributed by atoms with Gasteiger partial charge in [0.15, 0.2) is 5.79 Å². The number of phenolic OH excluding ortho intramolecular Hbond substituents is 1. The van der Waals surface area contributed by atoms with Crippen LogP contribution < -0.4 is 0 Å². The van der Waals surface area contributed by atoms with Crippen LogP contribution in [-0.4, -0.2) is 48.0 Å². The molecule has 20 heavy (non-hydrogen) atoms. The van der Waals surface area contributed by atoms with E-state index in [4.69, 9.17) is 9.47 Å². The zero-order valence-electron chi connectivity index (χ0n) is 11.6. The third-order valence-electron chi connectivity index (χ3n) is 4.07. The molecule has 2 aliphatic heterocycles. The van der Waals surface area contributed by atoms with Crippen molar-refractivity contribution in [2.75, 3.05) is 26.3 Å². The first kappa shape index (κ1) is 13.4. The molecule has 0 unspecified atom stereocenters. The van der Waals surface area contributed by atoms with E-state index in [0.29, 0.717) is 31.9 Å². The van der Waals surface area contributed by atoms with Gasteiger partial charge < -0.3 is 19.5 Å². The Bertz CT molecular complexity index is 513. The second-order valence-electron chi connectivity index (χ2n) is 5.40. The number of nitrogens with zero attached hydrogens (tertiary/aromatic N) is 1. The minimum Gasteiger partial charge on any atom is -0.508 e. The van der Waals surface area contributed by atoms with E-state index < -0.39 is 5.79 Å². The SMILES string of the molecule is Cc1cc(O)ccc1C(=O)N1CCC2(CC1)OCCO2. The zero-order valence-corrected chi connectivity index (χ0v) is 11.6. The molecule has 1 spiro atoms. The number of piperidine rings is 1. The number of rotatable bonds is 1. The summed E-state index contributed by atoms with van der Waals surface area (Å²) in [6, 6.07) is 4.84. The van der Waals surface area contributed by atoms with Crippen LogP contribution in [0.1, 0.15) is 28.8 Å².